The standard InChI is InChI=1S/C18H26O2/c1-4-5-14-8-9-15(18(19)20)17(11-14)16-10-12(2)6-7-13(16)3/h6-7,10,14-15,17H,4-5,8-9,11H2,1-3H3,(H,19,20). The highest BCUT2D eigenvalue weighted by Crippen LogP contribution is 2.43. The number of carboxylic acids is 1. The van der Waals surface area contributed by atoms with Crippen LogP contribution in [0.2, 0.25) is 0 Å². The molecule has 1 aliphatic rings. The maximum atomic E-state index is 11.6. The van der Waals surface area contributed by atoms with Crippen molar-refractivity contribution in [3.05, 3.63) is 34.9 Å². The van der Waals surface area contributed by atoms with E-state index in [2.05, 4.69) is 39.0 Å². The van der Waals surface area contributed by atoms with Crippen LogP contribution in [-0.2, 0) is 4.79 Å². The molecule has 2 nitrogen and oxygen atoms in total. The molecule has 1 saturated carbocycles. The molecule has 1 N–H and O–H groups in total. The highest BCUT2D eigenvalue weighted by Gasteiger charge is 2.36. The van der Waals surface area contributed by atoms with Crippen LogP contribution in [0.1, 0.15) is 61.6 Å². The fourth-order valence-electron chi connectivity index (χ4n) is 3.73. The van der Waals surface area contributed by atoms with Crippen molar-refractivity contribution in [2.75, 3.05) is 0 Å². The summed E-state index contributed by atoms with van der Waals surface area (Å²) in [5.74, 6) is 0.0627. The first-order chi connectivity index (χ1) is 9.52. The number of carbonyl (C=O) groups is 1. The number of carboxylic acid groups (broad SMARTS) is 1. The minimum absolute atomic E-state index is 0.192. The van der Waals surface area contributed by atoms with Gasteiger partial charge in [-0.1, -0.05) is 43.5 Å². The molecule has 0 aliphatic heterocycles. The summed E-state index contributed by atoms with van der Waals surface area (Å²) in [5, 5.41) is 9.55. The molecule has 20 heavy (non-hydrogen) atoms. The second-order valence-electron chi connectivity index (χ2n) is 6.38. The first-order valence-electron chi connectivity index (χ1n) is 7.82. The predicted octanol–water partition coefficient (Wildman–Crippen LogP) is 4.69. The molecule has 0 amide bonds. The minimum Gasteiger partial charge on any atom is -0.481 e. The quantitative estimate of drug-likeness (QED) is 0.865. The van der Waals surface area contributed by atoms with Crippen LogP contribution in [-0.4, -0.2) is 11.1 Å². The predicted molar refractivity (Wildman–Crippen MR) is 82.0 cm³/mol. The number of benzene rings is 1. The molecular formula is C18H26O2. The molecule has 1 aliphatic carbocycles. The fraction of sp³-hybridized carbons (Fsp3) is 0.611. The zero-order chi connectivity index (χ0) is 14.7. The zero-order valence-electron chi connectivity index (χ0n) is 12.9. The van der Waals surface area contributed by atoms with Gasteiger partial charge < -0.3 is 5.11 Å². The SMILES string of the molecule is CCCC1CCC(C(=O)O)C(c2cc(C)ccc2C)C1. The van der Waals surface area contributed by atoms with Gasteiger partial charge in [0.2, 0.25) is 0 Å². The second-order valence-corrected chi connectivity index (χ2v) is 6.38. The molecule has 110 valence electrons. The van der Waals surface area contributed by atoms with Crippen molar-refractivity contribution in [1.82, 2.24) is 0 Å². The summed E-state index contributed by atoms with van der Waals surface area (Å²) in [5.41, 5.74) is 3.73. The van der Waals surface area contributed by atoms with Gasteiger partial charge in [0.05, 0.1) is 5.92 Å². The van der Waals surface area contributed by atoms with Gasteiger partial charge in [-0.15, -0.1) is 0 Å². The van der Waals surface area contributed by atoms with E-state index in [4.69, 9.17) is 0 Å². The van der Waals surface area contributed by atoms with Gasteiger partial charge in [-0.05, 0) is 56.1 Å². The third-order valence-electron chi connectivity index (χ3n) is 4.81. The maximum absolute atomic E-state index is 11.6. The van der Waals surface area contributed by atoms with Gasteiger partial charge in [-0.25, -0.2) is 0 Å². The van der Waals surface area contributed by atoms with Crippen LogP contribution in [0.5, 0.6) is 0 Å². The lowest BCUT2D eigenvalue weighted by molar-refractivity contribution is -0.143. The molecule has 1 aromatic rings. The average molecular weight is 274 g/mol. The third-order valence-corrected chi connectivity index (χ3v) is 4.81. The molecular weight excluding hydrogens is 248 g/mol. The summed E-state index contributed by atoms with van der Waals surface area (Å²) in [6.45, 7) is 6.42. The van der Waals surface area contributed by atoms with Gasteiger partial charge in [0.15, 0.2) is 0 Å². The van der Waals surface area contributed by atoms with E-state index >= 15 is 0 Å². The van der Waals surface area contributed by atoms with Crippen molar-refractivity contribution in [2.45, 2.75) is 58.8 Å². The number of aliphatic carboxylic acids is 1. The molecule has 0 radical (unpaired) electrons. The molecule has 0 spiro atoms. The summed E-state index contributed by atoms with van der Waals surface area (Å²) < 4.78 is 0. The summed E-state index contributed by atoms with van der Waals surface area (Å²) >= 11 is 0. The topological polar surface area (TPSA) is 37.3 Å². The Kier molecular flexibility index (Phi) is 4.85. The van der Waals surface area contributed by atoms with Crippen LogP contribution in [0.25, 0.3) is 0 Å². The Hall–Kier alpha value is -1.31. The molecule has 2 heteroatoms. The Bertz CT molecular complexity index is 478. The van der Waals surface area contributed by atoms with Crippen LogP contribution >= 0.6 is 0 Å². The van der Waals surface area contributed by atoms with Crippen LogP contribution in [0.3, 0.4) is 0 Å². The second kappa shape index (κ2) is 6.43. The van der Waals surface area contributed by atoms with E-state index in [-0.39, 0.29) is 11.8 Å². The maximum Gasteiger partial charge on any atom is 0.307 e. The zero-order valence-corrected chi connectivity index (χ0v) is 12.9. The first-order valence-corrected chi connectivity index (χ1v) is 7.82. The van der Waals surface area contributed by atoms with E-state index in [0.717, 1.165) is 19.3 Å². The molecule has 3 unspecified atom stereocenters. The molecule has 0 saturated heterocycles. The van der Waals surface area contributed by atoms with Gasteiger partial charge in [0.25, 0.3) is 0 Å². The lowest BCUT2D eigenvalue weighted by atomic mass is 9.69. The number of aryl methyl sites for hydroxylation is 2. The monoisotopic (exact) mass is 274 g/mol. The Morgan fingerprint density at radius 3 is 2.70 bits per heavy atom. The van der Waals surface area contributed by atoms with Crippen molar-refractivity contribution >= 4 is 5.97 Å². The smallest absolute Gasteiger partial charge is 0.307 e. The van der Waals surface area contributed by atoms with E-state index in [1.807, 2.05) is 0 Å². The van der Waals surface area contributed by atoms with Crippen molar-refractivity contribution in [1.29, 1.82) is 0 Å². The Labute approximate surface area is 122 Å². The highest BCUT2D eigenvalue weighted by molar-refractivity contribution is 5.71. The lowest BCUT2D eigenvalue weighted by Crippen LogP contribution is -2.29. The number of hydrogen-bond donors (Lipinski definition) is 1. The van der Waals surface area contributed by atoms with Gasteiger partial charge in [-0.3, -0.25) is 4.79 Å². The van der Waals surface area contributed by atoms with Gasteiger partial charge in [0, 0.05) is 0 Å². The largest absolute Gasteiger partial charge is 0.481 e. The van der Waals surface area contributed by atoms with Crippen LogP contribution in [0.4, 0.5) is 0 Å². The number of rotatable bonds is 4. The summed E-state index contributed by atoms with van der Waals surface area (Å²) in [6.07, 6.45) is 5.37. The first kappa shape index (κ1) is 15.1. The van der Waals surface area contributed by atoms with Crippen LogP contribution in [0.15, 0.2) is 18.2 Å². The van der Waals surface area contributed by atoms with Gasteiger partial charge in [0.1, 0.15) is 0 Å². The van der Waals surface area contributed by atoms with Crippen molar-refractivity contribution in [3.8, 4) is 0 Å². The summed E-state index contributed by atoms with van der Waals surface area (Å²) in [7, 11) is 0. The summed E-state index contributed by atoms with van der Waals surface area (Å²) in [6, 6.07) is 6.44. The minimum atomic E-state index is -0.620. The molecule has 2 rings (SSSR count). The molecule has 3 atom stereocenters. The fourth-order valence-corrected chi connectivity index (χ4v) is 3.73. The Balaban J connectivity index is 2.31. The molecule has 1 aromatic carbocycles. The molecule has 0 heterocycles. The van der Waals surface area contributed by atoms with Crippen LogP contribution < -0.4 is 0 Å². The molecule has 0 aromatic heterocycles. The van der Waals surface area contributed by atoms with Crippen molar-refractivity contribution < 1.29 is 9.90 Å². The van der Waals surface area contributed by atoms with E-state index in [0.29, 0.717) is 5.92 Å². The molecule has 0 bridgehead atoms. The van der Waals surface area contributed by atoms with E-state index in [1.165, 1.54) is 29.5 Å². The van der Waals surface area contributed by atoms with E-state index < -0.39 is 5.97 Å². The van der Waals surface area contributed by atoms with E-state index in [9.17, 15) is 9.90 Å². The van der Waals surface area contributed by atoms with Crippen LogP contribution in [0, 0.1) is 25.7 Å². The van der Waals surface area contributed by atoms with Gasteiger partial charge >= 0.3 is 5.97 Å². The molecule has 1 fully saturated rings. The Morgan fingerprint density at radius 1 is 1.30 bits per heavy atom. The number of hydrogen-bond acceptors (Lipinski definition) is 1. The lowest BCUT2D eigenvalue weighted by Gasteiger charge is -2.35. The third kappa shape index (κ3) is 3.23. The Morgan fingerprint density at radius 2 is 2.05 bits per heavy atom. The van der Waals surface area contributed by atoms with Crippen molar-refractivity contribution in [3.63, 3.8) is 0 Å². The highest BCUT2D eigenvalue weighted by atomic mass is 16.4. The normalized spacial score (nSPS) is 26.4. The van der Waals surface area contributed by atoms with Crippen molar-refractivity contribution in [2.24, 2.45) is 11.8 Å². The average Bonchev–Trinajstić information content (AvgIpc) is 2.41. The summed E-state index contributed by atoms with van der Waals surface area (Å²) in [4.78, 5) is 11.6. The van der Waals surface area contributed by atoms with E-state index in [1.54, 1.807) is 0 Å². The van der Waals surface area contributed by atoms with Gasteiger partial charge in [-0.2, -0.15) is 0 Å².